The molecule has 78 valence electrons. The molecule has 1 aromatic carbocycles. The van der Waals surface area contributed by atoms with Crippen LogP contribution in [-0.4, -0.2) is 12.7 Å². The maximum Gasteiger partial charge on any atom is 0.127 e. The van der Waals surface area contributed by atoms with Crippen LogP contribution >= 0.6 is 12.4 Å². The van der Waals surface area contributed by atoms with Crippen LogP contribution in [0.5, 0.6) is 0 Å². The third-order valence-electron chi connectivity index (χ3n) is 2.36. The molecule has 1 nitrogen and oxygen atoms in total. The second kappa shape index (κ2) is 4.71. The number of halogens is 3. The van der Waals surface area contributed by atoms with Crippen LogP contribution < -0.4 is 5.32 Å². The lowest BCUT2D eigenvalue weighted by atomic mass is 10.0. The van der Waals surface area contributed by atoms with Crippen molar-refractivity contribution in [2.45, 2.75) is 18.6 Å². The van der Waals surface area contributed by atoms with Crippen molar-refractivity contribution in [1.29, 1.82) is 0 Å². The van der Waals surface area contributed by atoms with Crippen LogP contribution in [0.4, 0.5) is 8.78 Å². The van der Waals surface area contributed by atoms with E-state index in [0.29, 0.717) is 18.5 Å². The highest BCUT2D eigenvalue weighted by Crippen LogP contribution is 2.26. The van der Waals surface area contributed by atoms with Crippen molar-refractivity contribution in [2.75, 3.05) is 6.54 Å². The molecule has 2 rings (SSSR count). The molecular weight excluding hydrogens is 208 g/mol. The highest BCUT2D eigenvalue weighted by Gasteiger charge is 2.26. The van der Waals surface area contributed by atoms with Gasteiger partial charge in [-0.15, -0.1) is 12.4 Å². The van der Waals surface area contributed by atoms with Crippen molar-refractivity contribution in [1.82, 2.24) is 5.32 Å². The summed E-state index contributed by atoms with van der Waals surface area (Å²) >= 11 is 0. The summed E-state index contributed by atoms with van der Waals surface area (Å²) in [6.07, 6.45) is -0.467. The van der Waals surface area contributed by atoms with Gasteiger partial charge in [-0.3, -0.25) is 0 Å². The molecule has 0 aliphatic carbocycles. The van der Waals surface area contributed by atoms with Gasteiger partial charge in [-0.2, -0.15) is 0 Å². The van der Waals surface area contributed by atoms with Crippen molar-refractivity contribution in [2.24, 2.45) is 0 Å². The maximum atomic E-state index is 13.2. The molecule has 1 heterocycles. The van der Waals surface area contributed by atoms with E-state index in [1.165, 1.54) is 6.07 Å². The Labute approximate surface area is 87.9 Å². The van der Waals surface area contributed by atoms with E-state index in [2.05, 4.69) is 5.32 Å². The Bertz CT molecular complexity index is 306. The summed E-state index contributed by atoms with van der Waals surface area (Å²) in [5.74, 6) is -0.255. The molecule has 1 aliphatic rings. The second-order valence-corrected chi connectivity index (χ2v) is 3.32. The number of nitrogens with one attached hydrogen (secondary N) is 1. The minimum Gasteiger partial charge on any atom is -0.307 e. The molecule has 4 heteroatoms. The summed E-state index contributed by atoms with van der Waals surface area (Å²) in [6, 6.07) is 6.36. The molecule has 0 amide bonds. The van der Waals surface area contributed by atoms with E-state index in [-0.39, 0.29) is 24.3 Å². The number of hydrogen-bond donors (Lipinski definition) is 1. The van der Waals surface area contributed by atoms with Crippen molar-refractivity contribution >= 4 is 12.4 Å². The Morgan fingerprint density at radius 2 is 2.00 bits per heavy atom. The molecule has 2 unspecified atom stereocenters. The molecule has 14 heavy (non-hydrogen) atoms. The molecule has 0 saturated carbocycles. The molecule has 1 aliphatic heterocycles. The van der Waals surface area contributed by atoms with E-state index in [9.17, 15) is 8.78 Å². The van der Waals surface area contributed by atoms with Crippen LogP contribution in [0.15, 0.2) is 24.3 Å². The summed E-state index contributed by atoms with van der Waals surface area (Å²) in [5.41, 5.74) is 0.572. The van der Waals surface area contributed by atoms with E-state index in [0.717, 1.165) is 0 Å². The minimum absolute atomic E-state index is 0. The Hall–Kier alpha value is -0.670. The lowest BCUT2D eigenvalue weighted by Crippen LogP contribution is -2.14. The van der Waals surface area contributed by atoms with Gasteiger partial charge in [0.05, 0.1) is 0 Å². The minimum atomic E-state index is -0.843. The SMILES string of the molecule is Cl.Fc1ccccc1C1CC(F)CN1. The predicted octanol–water partition coefficient (Wildman–Crippen LogP) is 2.62. The van der Waals surface area contributed by atoms with Crippen molar-refractivity contribution in [3.05, 3.63) is 35.6 Å². The molecule has 2 atom stereocenters. The van der Waals surface area contributed by atoms with E-state index < -0.39 is 6.17 Å². The van der Waals surface area contributed by atoms with Gasteiger partial charge in [-0.05, 0) is 12.5 Å². The quantitative estimate of drug-likeness (QED) is 0.766. The molecule has 1 fully saturated rings. The molecule has 1 aromatic rings. The Balaban J connectivity index is 0.000000980. The fourth-order valence-corrected chi connectivity index (χ4v) is 1.69. The molecule has 1 N–H and O–H groups in total. The molecule has 0 spiro atoms. The van der Waals surface area contributed by atoms with E-state index in [1.54, 1.807) is 18.2 Å². The van der Waals surface area contributed by atoms with Crippen LogP contribution in [0.2, 0.25) is 0 Å². The first-order valence-corrected chi connectivity index (χ1v) is 4.39. The maximum absolute atomic E-state index is 13.2. The third-order valence-corrected chi connectivity index (χ3v) is 2.36. The van der Waals surface area contributed by atoms with Gasteiger partial charge >= 0.3 is 0 Å². The van der Waals surface area contributed by atoms with Gasteiger partial charge in [0.1, 0.15) is 12.0 Å². The normalized spacial score (nSPS) is 25.9. The fourth-order valence-electron chi connectivity index (χ4n) is 1.69. The van der Waals surface area contributed by atoms with Crippen molar-refractivity contribution in [3.63, 3.8) is 0 Å². The van der Waals surface area contributed by atoms with Gasteiger partial charge in [0.25, 0.3) is 0 Å². The lowest BCUT2D eigenvalue weighted by Gasteiger charge is -2.10. The monoisotopic (exact) mass is 219 g/mol. The number of alkyl halides is 1. The smallest absolute Gasteiger partial charge is 0.127 e. The largest absolute Gasteiger partial charge is 0.307 e. The van der Waals surface area contributed by atoms with Gasteiger partial charge < -0.3 is 5.32 Å². The summed E-state index contributed by atoms with van der Waals surface area (Å²) < 4.78 is 26.0. The van der Waals surface area contributed by atoms with Crippen LogP contribution in [0.1, 0.15) is 18.0 Å². The average molecular weight is 220 g/mol. The van der Waals surface area contributed by atoms with Gasteiger partial charge in [-0.1, -0.05) is 18.2 Å². The van der Waals surface area contributed by atoms with E-state index >= 15 is 0 Å². The number of rotatable bonds is 1. The van der Waals surface area contributed by atoms with Crippen molar-refractivity contribution < 1.29 is 8.78 Å². The lowest BCUT2D eigenvalue weighted by molar-refractivity contribution is 0.355. The first-order valence-electron chi connectivity index (χ1n) is 4.39. The zero-order valence-electron chi connectivity index (χ0n) is 7.54. The molecular formula is C10H12ClF2N. The Morgan fingerprint density at radius 1 is 1.29 bits per heavy atom. The van der Waals surface area contributed by atoms with Gasteiger partial charge in [0, 0.05) is 18.2 Å². The van der Waals surface area contributed by atoms with Crippen LogP contribution in [0.3, 0.4) is 0 Å². The summed E-state index contributed by atoms with van der Waals surface area (Å²) in [6.45, 7) is 0.332. The Morgan fingerprint density at radius 3 is 2.57 bits per heavy atom. The zero-order chi connectivity index (χ0) is 9.26. The molecule has 0 aromatic heterocycles. The topological polar surface area (TPSA) is 12.0 Å². The van der Waals surface area contributed by atoms with Gasteiger partial charge in [-0.25, -0.2) is 8.78 Å². The summed E-state index contributed by atoms with van der Waals surface area (Å²) in [5, 5.41) is 2.95. The average Bonchev–Trinajstić information content (AvgIpc) is 2.53. The Kier molecular flexibility index (Phi) is 3.84. The fraction of sp³-hybridized carbons (Fsp3) is 0.400. The second-order valence-electron chi connectivity index (χ2n) is 3.32. The van der Waals surface area contributed by atoms with Gasteiger partial charge in [0.15, 0.2) is 0 Å². The number of hydrogen-bond acceptors (Lipinski definition) is 1. The number of benzene rings is 1. The van der Waals surface area contributed by atoms with E-state index in [4.69, 9.17) is 0 Å². The standard InChI is InChI=1S/C10H11F2N.ClH/c11-7-5-10(13-6-7)8-3-1-2-4-9(8)12;/h1-4,7,10,13H,5-6H2;1H. The summed E-state index contributed by atoms with van der Waals surface area (Å²) in [7, 11) is 0. The molecule has 0 radical (unpaired) electrons. The molecule has 0 bridgehead atoms. The highest BCUT2D eigenvalue weighted by molar-refractivity contribution is 5.85. The third kappa shape index (κ3) is 2.22. The van der Waals surface area contributed by atoms with Crippen molar-refractivity contribution in [3.8, 4) is 0 Å². The van der Waals surface area contributed by atoms with Crippen LogP contribution in [-0.2, 0) is 0 Å². The molecule has 1 saturated heterocycles. The highest BCUT2D eigenvalue weighted by atomic mass is 35.5. The first kappa shape index (κ1) is 11.4. The van der Waals surface area contributed by atoms with Crippen LogP contribution in [0, 0.1) is 5.82 Å². The van der Waals surface area contributed by atoms with Gasteiger partial charge in [0.2, 0.25) is 0 Å². The predicted molar refractivity (Wildman–Crippen MR) is 53.9 cm³/mol. The van der Waals surface area contributed by atoms with E-state index in [1.807, 2.05) is 0 Å². The summed E-state index contributed by atoms with van der Waals surface area (Å²) in [4.78, 5) is 0. The first-order chi connectivity index (χ1) is 6.27. The van der Waals surface area contributed by atoms with Crippen LogP contribution in [0.25, 0.3) is 0 Å². The zero-order valence-corrected chi connectivity index (χ0v) is 8.36.